The molecule has 1 aromatic carbocycles. The van der Waals surface area contributed by atoms with E-state index < -0.39 is 0 Å². The molecular formula is C17H19N2O3+. The molecule has 0 spiro atoms. The number of pyridine rings is 1. The number of nitrogens with zero attached hydrogens (tertiary/aromatic N) is 2. The second-order valence-corrected chi connectivity index (χ2v) is 4.96. The molecule has 0 amide bonds. The Balaban J connectivity index is 2.24. The average Bonchev–Trinajstić information content (AvgIpc) is 2.55. The Labute approximate surface area is 129 Å². The van der Waals surface area contributed by atoms with Gasteiger partial charge in [-0.15, -0.1) is 0 Å². The van der Waals surface area contributed by atoms with E-state index in [1.54, 1.807) is 30.9 Å². The van der Waals surface area contributed by atoms with Crippen molar-refractivity contribution in [1.29, 1.82) is 0 Å². The second-order valence-electron chi connectivity index (χ2n) is 4.96. The number of carbonyl (C=O) groups excluding carboxylic acids is 1. The van der Waals surface area contributed by atoms with Crippen LogP contribution in [0.15, 0.2) is 53.8 Å². The van der Waals surface area contributed by atoms with Gasteiger partial charge in [0.1, 0.15) is 5.71 Å². The lowest BCUT2D eigenvalue weighted by Gasteiger charge is -2.04. The molecule has 0 aliphatic heterocycles. The molecule has 0 unspecified atom stereocenters. The zero-order chi connectivity index (χ0) is 15.9. The quantitative estimate of drug-likeness (QED) is 0.292. The van der Waals surface area contributed by atoms with Crippen LogP contribution in [0.5, 0.6) is 0 Å². The zero-order valence-corrected chi connectivity index (χ0v) is 12.7. The minimum absolute atomic E-state index is 0.0128. The van der Waals surface area contributed by atoms with Gasteiger partial charge in [0.25, 0.3) is 0 Å². The number of benzene rings is 1. The van der Waals surface area contributed by atoms with E-state index in [1.807, 2.05) is 36.4 Å². The molecule has 0 saturated heterocycles. The van der Waals surface area contributed by atoms with E-state index in [0.29, 0.717) is 23.6 Å². The number of aromatic nitrogens is 1. The lowest BCUT2D eigenvalue weighted by atomic mass is 10.1. The lowest BCUT2D eigenvalue weighted by molar-refractivity contribution is -0.684. The van der Waals surface area contributed by atoms with Gasteiger partial charge in [0, 0.05) is 24.8 Å². The summed E-state index contributed by atoms with van der Waals surface area (Å²) in [5.74, 6) is -0.0128. The highest BCUT2D eigenvalue weighted by molar-refractivity contribution is 5.97. The SMILES string of the molecule is COCc1cccc(C(=O)C[n+]2ccccc2C(C)=NO)c1. The molecule has 0 fully saturated rings. The van der Waals surface area contributed by atoms with E-state index >= 15 is 0 Å². The number of hydrogen-bond donors (Lipinski definition) is 1. The molecule has 5 heteroatoms. The van der Waals surface area contributed by atoms with Gasteiger partial charge in [-0.1, -0.05) is 23.4 Å². The minimum Gasteiger partial charge on any atom is -0.410 e. The number of Topliss-reactive ketones (excluding diaryl/α,β-unsaturated/α-hetero) is 1. The van der Waals surface area contributed by atoms with Crippen LogP contribution in [0.1, 0.15) is 28.5 Å². The summed E-state index contributed by atoms with van der Waals surface area (Å²) in [6.45, 7) is 2.34. The van der Waals surface area contributed by atoms with Crippen LogP contribution in [0.2, 0.25) is 0 Å². The van der Waals surface area contributed by atoms with Crippen molar-refractivity contribution in [2.24, 2.45) is 5.16 Å². The molecule has 1 aromatic heterocycles. The van der Waals surface area contributed by atoms with Crippen molar-refractivity contribution in [3.63, 3.8) is 0 Å². The maximum atomic E-state index is 12.5. The Morgan fingerprint density at radius 3 is 2.82 bits per heavy atom. The molecule has 22 heavy (non-hydrogen) atoms. The molecule has 2 aromatic rings. The molecule has 0 bridgehead atoms. The van der Waals surface area contributed by atoms with Gasteiger partial charge in [-0.2, -0.15) is 4.57 Å². The van der Waals surface area contributed by atoms with Crippen LogP contribution in [0.4, 0.5) is 0 Å². The van der Waals surface area contributed by atoms with Gasteiger partial charge in [0.15, 0.2) is 6.20 Å². The number of methoxy groups -OCH3 is 1. The first-order valence-electron chi connectivity index (χ1n) is 6.94. The van der Waals surface area contributed by atoms with Gasteiger partial charge in [-0.3, -0.25) is 4.79 Å². The number of ether oxygens (including phenoxy) is 1. The normalized spacial score (nSPS) is 11.5. The molecule has 0 aliphatic carbocycles. The van der Waals surface area contributed by atoms with Crippen LogP contribution in [0.25, 0.3) is 0 Å². The minimum atomic E-state index is -0.0128. The first-order chi connectivity index (χ1) is 10.7. The summed E-state index contributed by atoms with van der Waals surface area (Å²) in [5, 5.41) is 12.1. The number of hydrogen-bond acceptors (Lipinski definition) is 4. The smallest absolute Gasteiger partial charge is 0.230 e. The van der Waals surface area contributed by atoms with Crippen molar-refractivity contribution in [3.05, 3.63) is 65.5 Å². The molecule has 0 aliphatic rings. The van der Waals surface area contributed by atoms with Crippen molar-refractivity contribution in [3.8, 4) is 0 Å². The van der Waals surface area contributed by atoms with Crippen molar-refractivity contribution in [2.45, 2.75) is 20.1 Å². The monoisotopic (exact) mass is 299 g/mol. The van der Waals surface area contributed by atoms with Crippen LogP contribution < -0.4 is 4.57 Å². The summed E-state index contributed by atoms with van der Waals surface area (Å²) in [6.07, 6.45) is 1.79. The fraction of sp³-hybridized carbons (Fsp3) is 0.235. The predicted octanol–water partition coefficient (Wildman–Crippen LogP) is 2.20. The van der Waals surface area contributed by atoms with Gasteiger partial charge in [-0.05, 0) is 24.6 Å². The van der Waals surface area contributed by atoms with E-state index in [-0.39, 0.29) is 12.3 Å². The van der Waals surface area contributed by atoms with Gasteiger partial charge in [0.2, 0.25) is 18.0 Å². The van der Waals surface area contributed by atoms with Crippen LogP contribution in [0, 0.1) is 0 Å². The molecule has 0 atom stereocenters. The average molecular weight is 299 g/mol. The van der Waals surface area contributed by atoms with Gasteiger partial charge in [-0.25, -0.2) is 0 Å². The van der Waals surface area contributed by atoms with E-state index in [9.17, 15) is 4.79 Å². The maximum Gasteiger partial charge on any atom is 0.230 e. The highest BCUT2D eigenvalue weighted by Gasteiger charge is 2.18. The molecule has 0 radical (unpaired) electrons. The van der Waals surface area contributed by atoms with E-state index in [2.05, 4.69) is 5.16 Å². The molecule has 114 valence electrons. The Hall–Kier alpha value is -2.53. The molecule has 5 nitrogen and oxygen atoms in total. The number of rotatable bonds is 6. The van der Waals surface area contributed by atoms with Crippen molar-refractivity contribution >= 4 is 11.5 Å². The molecule has 1 N–H and O–H groups in total. The number of ketones is 1. The van der Waals surface area contributed by atoms with Crippen LogP contribution in [0.3, 0.4) is 0 Å². The highest BCUT2D eigenvalue weighted by atomic mass is 16.5. The van der Waals surface area contributed by atoms with E-state index in [4.69, 9.17) is 9.94 Å². The Morgan fingerprint density at radius 1 is 1.27 bits per heavy atom. The summed E-state index contributed by atoms with van der Waals surface area (Å²) in [7, 11) is 1.62. The highest BCUT2D eigenvalue weighted by Crippen LogP contribution is 2.08. The lowest BCUT2D eigenvalue weighted by Crippen LogP contribution is -2.43. The summed E-state index contributed by atoms with van der Waals surface area (Å²) < 4.78 is 6.85. The van der Waals surface area contributed by atoms with Crippen molar-refractivity contribution < 1.29 is 19.3 Å². The molecule has 0 saturated carbocycles. The van der Waals surface area contributed by atoms with Crippen LogP contribution in [-0.2, 0) is 17.9 Å². The Bertz CT molecular complexity index is 696. The second kappa shape index (κ2) is 7.47. The third kappa shape index (κ3) is 3.77. The van der Waals surface area contributed by atoms with Gasteiger partial charge >= 0.3 is 0 Å². The van der Waals surface area contributed by atoms with Gasteiger partial charge < -0.3 is 9.94 Å². The number of oxime groups is 1. The Morgan fingerprint density at radius 2 is 2.09 bits per heavy atom. The third-order valence-electron chi connectivity index (χ3n) is 3.34. The molecular weight excluding hydrogens is 280 g/mol. The summed E-state index contributed by atoms with van der Waals surface area (Å²) >= 11 is 0. The summed E-state index contributed by atoms with van der Waals surface area (Å²) in [6, 6.07) is 12.9. The largest absolute Gasteiger partial charge is 0.410 e. The number of carbonyl (C=O) groups is 1. The predicted molar refractivity (Wildman–Crippen MR) is 82.1 cm³/mol. The summed E-state index contributed by atoms with van der Waals surface area (Å²) in [4.78, 5) is 12.5. The first kappa shape index (κ1) is 15.9. The zero-order valence-electron chi connectivity index (χ0n) is 12.7. The fourth-order valence-corrected chi connectivity index (χ4v) is 2.24. The maximum absolute atomic E-state index is 12.5. The van der Waals surface area contributed by atoms with Crippen LogP contribution >= 0.6 is 0 Å². The van der Waals surface area contributed by atoms with Crippen LogP contribution in [-0.4, -0.2) is 23.8 Å². The van der Waals surface area contributed by atoms with Gasteiger partial charge in [0.05, 0.1) is 6.61 Å². The Kier molecular flexibility index (Phi) is 5.38. The standard InChI is InChI=1S/C17H18N2O3/c1-13(18-21)16-8-3-4-9-19(16)11-17(20)15-7-5-6-14(10-15)12-22-2/h3-10H,11-12H2,1-2H3/p+1. The molecule has 1 heterocycles. The summed E-state index contributed by atoms with van der Waals surface area (Å²) in [5.41, 5.74) is 2.75. The third-order valence-corrected chi connectivity index (χ3v) is 3.34. The van der Waals surface area contributed by atoms with Crippen molar-refractivity contribution in [1.82, 2.24) is 0 Å². The molecule has 2 rings (SSSR count). The van der Waals surface area contributed by atoms with E-state index in [1.165, 1.54) is 0 Å². The first-order valence-corrected chi connectivity index (χ1v) is 6.94. The van der Waals surface area contributed by atoms with E-state index in [0.717, 1.165) is 5.56 Å². The topological polar surface area (TPSA) is 62.8 Å². The fourth-order valence-electron chi connectivity index (χ4n) is 2.24. The van der Waals surface area contributed by atoms with Crippen molar-refractivity contribution in [2.75, 3.05) is 7.11 Å².